The molecule has 1 aromatic carbocycles. The van der Waals surface area contributed by atoms with Gasteiger partial charge in [-0.1, -0.05) is 18.2 Å². The van der Waals surface area contributed by atoms with Crippen molar-refractivity contribution in [2.75, 3.05) is 13.1 Å². The predicted molar refractivity (Wildman–Crippen MR) is 112 cm³/mol. The zero-order valence-electron chi connectivity index (χ0n) is 17.0. The minimum Gasteiger partial charge on any atom is -0.487 e. The minimum absolute atomic E-state index is 0.0227. The van der Waals surface area contributed by atoms with Crippen LogP contribution in [0, 0.1) is 0 Å². The number of nitrogens with zero attached hydrogens (tertiary/aromatic N) is 2. The summed E-state index contributed by atoms with van der Waals surface area (Å²) >= 11 is 0. The Labute approximate surface area is 176 Å². The Morgan fingerprint density at radius 2 is 1.93 bits per heavy atom. The number of piperidine rings is 1. The topological polar surface area (TPSA) is 71.5 Å². The number of carbonyl (C=O) groups excluding carboxylic acids is 2. The second-order valence-corrected chi connectivity index (χ2v) is 8.80. The Bertz CT molecular complexity index is 934. The van der Waals surface area contributed by atoms with Gasteiger partial charge in [-0.3, -0.25) is 14.6 Å². The fourth-order valence-electron chi connectivity index (χ4n) is 4.76. The summed E-state index contributed by atoms with van der Waals surface area (Å²) in [5.41, 5.74) is 1.44. The van der Waals surface area contributed by atoms with Crippen molar-refractivity contribution >= 4 is 11.8 Å². The van der Waals surface area contributed by atoms with Crippen LogP contribution in [0.25, 0.3) is 0 Å². The van der Waals surface area contributed by atoms with Crippen LogP contribution in [0.3, 0.4) is 0 Å². The molecule has 0 radical (unpaired) electrons. The molecule has 1 N–H and O–H groups in total. The number of pyridine rings is 1. The first-order chi connectivity index (χ1) is 14.6. The number of carbonyl (C=O) groups is 2. The molecule has 3 aliphatic rings. The van der Waals surface area contributed by atoms with E-state index in [1.165, 1.54) is 0 Å². The number of hydrogen-bond acceptors (Lipinski definition) is 4. The Morgan fingerprint density at radius 3 is 2.67 bits per heavy atom. The Kier molecular flexibility index (Phi) is 4.93. The number of para-hydroxylation sites is 1. The van der Waals surface area contributed by atoms with Gasteiger partial charge in [-0.25, -0.2) is 0 Å². The Balaban J connectivity index is 1.30. The van der Waals surface area contributed by atoms with E-state index in [9.17, 15) is 9.59 Å². The van der Waals surface area contributed by atoms with Crippen molar-refractivity contribution in [3.05, 3.63) is 59.9 Å². The van der Waals surface area contributed by atoms with Gasteiger partial charge in [-0.2, -0.15) is 0 Å². The molecule has 30 heavy (non-hydrogen) atoms. The van der Waals surface area contributed by atoms with Gasteiger partial charge >= 0.3 is 0 Å². The summed E-state index contributed by atoms with van der Waals surface area (Å²) in [6.07, 6.45) is 8.35. The predicted octanol–water partition coefficient (Wildman–Crippen LogP) is 3.29. The number of likely N-dealkylation sites (tertiary alicyclic amines) is 1. The average molecular weight is 405 g/mol. The Hall–Kier alpha value is -2.89. The quantitative estimate of drug-likeness (QED) is 0.847. The Morgan fingerprint density at radius 1 is 1.13 bits per heavy atom. The molecule has 1 atom stereocenters. The third kappa shape index (κ3) is 3.91. The van der Waals surface area contributed by atoms with Crippen molar-refractivity contribution < 1.29 is 14.3 Å². The third-order valence-corrected chi connectivity index (χ3v) is 6.55. The molecule has 1 aromatic heterocycles. The SMILES string of the molecule is O=C(C[C@H]1CC2(CCN(C(=O)c3cccnc3)CC2)Oc2ccccc21)NC1CC1. The first-order valence-electron chi connectivity index (χ1n) is 10.9. The first-order valence-corrected chi connectivity index (χ1v) is 10.9. The second kappa shape index (κ2) is 7.74. The van der Waals surface area contributed by atoms with E-state index in [0.717, 1.165) is 43.4 Å². The van der Waals surface area contributed by atoms with Gasteiger partial charge in [0.15, 0.2) is 0 Å². The molecule has 2 aliphatic heterocycles. The van der Waals surface area contributed by atoms with Gasteiger partial charge in [0, 0.05) is 56.7 Å². The molecule has 1 saturated carbocycles. The van der Waals surface area contributed by atoms with Crippen LogP contribution in [0.4, 0.5) is 0 Å². The summed E-state index contributed by atoms with van der Waals surface area (Å²) in [5.74, 6) is 1.20. The van der Waals surface area contributed by atoms with Crippen LogP contribution in [0.5, 0.6) is 5.75 Å². The lowest BCUT2D eigenvalue weighted by Crippen LogP contribution is -2.52. The number of ether oxygens (including phenoxy) is 1. The van der Waals surface area contributed by atoms with Crippen molar-refractivity contribution in [2.24, 2.45) is 0 Å². The van der Waals surface area contributed by atoms with Gasteiger partial charge in [-0.05, 0) is 43.0 Å². The lowest BCUT2D eigenvalue weighted by atomic mass is 9.76. The molecule has 0 bridgehead atoms. The van der Waals surface area contributed by atoms with Crippen molar-refractivity contribution in [1.29, 1.82) is 0 Å². The van der Waals surface area contributed by atoms with E-state index in [2.05, 4.69) is 16.4 Å². The van der Waals surface area contributed by atoms with Crippen LogP contribution in [0.2, 0.25) is 0 Å². The highest BCUT2D eigenvalue weighted by atomic mass is 16.5. The van der Waals surface area contributed by atoms with E-state index in [4.69, 9.17) is 4.74 Å². The van der Waals surface area contributed by atoms with Crippen LogP contribution in [0.15, 0.2) is 48.8 Å². The first kappa shape index (κ1) is 19.1. The molecule has 6 heteroatoms. The van der Waals surface area contributed by atoms with Gasteiger partial charge in [0.05, 0.1) is 5.56 Å². The number of hydrogen-bond donors (Lipinski definition) is 1. The van der Waals surface area contributed by atoms with Crippen LogP contribution >= 0.6 is 0 Å². The van der Waals surface area contributed by atoms with Crippen LogP contribution < -0.4 is 10.1 Å². The second-order valence-electron chi connectivity index (χ2n) is 8.80. The molecular formula is C24H27N3O3. The minimum atomic E-state index is -0.315. The zero-order valence-corrected chi connectivity index (χ0v) is 17.0. The molecule has 1 saturated heterocycles. The molecule has 1 aliphatic carbocycles. The maximum absolute atomic E-state index is 12.8. The maximum atomic E-state index is 12.8. The maximum Gasteiger partial charge on any atom is 0.255 e. The van der Waals surface area contributed by atoms with Crippen molar-refractivity contribution in [1.82, 2.24) is 15.2 Å². The third-order valence-electron chi connectivity index (χ3n) is 6.55. The van der Waals surface area contributed by atoms with Crippen LogP contribution in [-0.2, 0) is 4.79 Å². The standard InChI is InChI=1S/C24H27N3O3/c28-22(26-19-7-8-19)14-18-15-24(30-21-6-2-1-5-20(18)21)9-12-27(13-10-24)23(29)17-4-3-11-25-16-17/h1-6,11,16,18-19H,7-10,12-15H2,(H,26,28)/t18-/m0/s1. The van der Waals surface area contributed by atoms with Gasteiger partial charge in [0.25, 0.3) is 5.91 Å². The fourth-order valence-corrected chi connectivity index (χ4v) is 4.76. The average Bonchev–Trinajstić information content (AvgIpc) is 3.58. The number of amides is 2. The van der Waals surface area contributed by atoms with Crippen molar-refractivity contribution in [2.45, 2.75) is 56.1 Å². The molecule has 2 amide bonds. The number of fused-ring (bicyclic) bond motifs is 1. The van der Waals surface area contributed by atoms with Crippen LogP contribution in [-0.4, -0.2) is 46.4 Å². The highest BCUT2D eigenvalue weighted by molar-refractivity contribution is 5.93. The largest absolute Gasteiger partial charge is 0.487 e. The van der Waals surface area contributed by atoms with Gasteiger partial charge in [0.2, 0.25) is 5.91 Å². The summed E-state index contributed by atoms with van der Waals surface area (Å²) in [7, 11) is 0. The molecule has 156 valence electrons. The number of nitrogens with one attached hydrogen (secondary N) is 1. The van der Waals surface area contributed by atoms with Gasteiger partial charge < -0.3 is 15.0 Å². The smallest absolute Gasteiger partial charge is 0.255 e. The summed E-state index contributed by atoms with van der Waals surface area (Å²) in [4.78, 5) is 31.3. The molecule has 2 fully saturated rings. The summed E-state index contributed by atoms with van der Waals surface area (Å²) in [5, 5.41) is 3.12. The van der Waals surface area contributed by atoms with Crippen LogP contribution in [0.1, 0.15) is 60.4 Å². The zero-order chi connectivity index (χ0) is 20.6. The highest BCUT2D eigenvalue weighted by Crippen LogP contribution is 2.46. The van der Waals surface area contributed by atoms with Gasteiger partial charge in [-0.15, -0.1) is 0 Å². The van der Waals surface area contributed by atoms with E-state index in [-0.39, 0.29) is 23.3 Å². The molecule has 6 nitrogen and oxygen atoms in total. The van der Waals surface area contributed by atoms with E-state index >= 15 is 0 Å². The molecule has 2 aromatic rings. The molecule has 0 unspecified atom stereocenters. The molecule has 1 spiro atoms. The normalized spacial score (nSPS) is 22.1. The monoisotopic (exact) mass is 405 g/mol. The van der Waals surface area contributed by atoms with E-state index in [0.29, 0.717) is 31.1 Å². The summed E-state index contributed by atoms with van der Waals surface area (Å²) < 4.78 is 6.52. The van der Waals surface area contributed by atoms with Crippen molar-refractivity contribution in [3.63, 3.8) is 0 Å². The van der Waals surface area contributed by atoms with E-state index < -0.39 is 0 Å². The molecule has 5 rings (SSSR count). The number of rotatable bonds is 4. The summed E-state index contributed by atoms with van der Waals surface area (Å²) in [6, 6.07) is 12.1. The fraction of sp³-hybridized carbons (Fsp3) is 0.458. The highest BCUT2D eigenvalue weighted by Gasteiger charge is 2.44. The lowest BCUT2D eigenvalue weighted by molar-refractivity contribution is -0.122. The molecule has 3 heterocycles. The van der Waals surface area contributed by atoms with E-state index in [1.54, 1.807) is 18.5 Å². The molecular weight excluding hydrogens is 378 g/mol. The van der Waals surface area contributed by atoms with Crippen molar-refractivity contribution in [3.8, 4) is 5.75 Å². The van der Waals surface area contributed by atoms with Gasteiger partial charge in [0.1, 0.15) is 11.4 Å². The summed E-state index contributed by atoms with van der Waals surface area (Å²) in [6.45, 7) is 1.30. The van der Waals surface area contributed by atoms with E-state index in [1.807, 2.05) is 29.2 Å². The number of benzene rings is 1. The number of aromatic nitrogens is 1. The lowest BCUT2D eigenvalue weighted by Gasteiger charge is -2.47.